The lowest BCUT2D eigenvalue weighted by molar-refractivity contribution is 0.0952. The number of nitrogens with zero attached hydrogens (tertiary/aromatic N) is 1. The van der Waals surface area contributed by atoms with Gasteiger partial charge in [0.05, 0.1) is 16.8 Å². The second-order valence-corrected chi connectivity index (χ2v) is 7.20. The molecule has 0 atom stereocenters. The van der Waals surface area contributed by atoms with Crippen LogP contribution in [0.15, 0.2) is 78.9 Å². The average Bonchev–Trinajstić information content (AvgIpc) is 2.72. The molecule has 0 fully saturated rings. The molecule has 0 spiro atoms. The molecule has 4 rings (SSSR count). The van der Waals surface area contributed by atoms with Crippen molar-refractivity contribution in [2.24, 2.45) is 0 Å². The minimum Gasteiger partial charge on any atom is -0.348 e. The standard InChI is InChI=1S/C23H16Cl2N2O/c24-16-11-9-15(10-12-16)14-26-23(28)19-13-22(18-6-1-3-7-20(18)25)27-21-8-4-2-5-17(19)21/h1-13H,14H2,(H,26,28). The van der Waals surface area contributed by atoms with E-state index in [4.69, 9.17) is 28.2 Å². The first-order chi connectivity index (χ1) is 13.6. The zero-order chi connectivity index (χ0) is 19.5. The number of benzene rings is 3. The Morgan fingerprint density at radius 1 is 0.893 bits per heavy atom. The number of rotatable bonds is 4. The molecule has 0 aliphatic rings. The number of hydrogen-bond donors (Lipinski definition) is 1. The summed E-state index contributed by atoms with van der Waals surface area (Å²) in [5, 5.41) is 5.04. The Morgan fingerprint density at radius 2 is 1.61 bits per heavy atom. The Labute approximate surface area is 172 Å². The predicted molar refractivity (Wildman–Crippen MR) is 115 cm³/mol. The van der Waals surface area contributed by atoms with Gasteiger partial charge in [-0.3, -0.25) is 4.79 Å². The van der Waals surface area contributed by atoms with Crippen LogP contribution in [-0.2, 0) is 6.54 Å². The zero-order valence-corrected chi connectivity index (χ0v) is 16.3. The number of pyridine rings is 1. The molecule has 28 heavy (non-hydrogen) atoms. The van der Waals surface area contributed by atoms with E-state index < -0.39 is 0 Å². The lowest BCUT2D eigenvalue weighted by Gasteiger charge is -2.11. The Hall–Kier alpha value is -2.88. The fourth-order valence-corrected chi connectivity index (χ4v) is 3.41. The molecule has 5 heteroatoms. The lowest BCUT2D eigenvalue weighted by atomic mass is 10.0. The fourth-order valence-electron chi connectivity index (χ4n) is 3.05. The highest BCUT2D eigenvalue weighted by Crippen LogP contribution is 2.29. The summed E-state index contributed by atoms with van der Waals surface area (Å²) < 4.78 is 0. The first kappa shape index (κ1) is 18.5. The van der Waals surface area contributed by atoms with Crippen LogP contribution in [0.25, 0.3) is 22.2 Å². The Bertz CT molecular complexity index is 1160. The Kier molecular flexibility index (Phi) is 5.29. The van der Waals surface area contributed by atoms with Crippen LogP contribution < -0.4 is 5.32 Å². The lowest BCUT2D eigenvalue weighted by Crippen LogP contribution is -2.23. The molecular formula is C23H16Cl2N2O. The molecule has 0 saturated carbocycles. The maximum atomic E-state index is 13.0. The summed E-state index contributed by atoms with van der Waals surface area (Å²) in [7, 11) is 0. The molecule has 0 aliphatic carbocycles. The molecule has 1 N–H and O–H groups in total. The summed E-state index contributed by atoms with van der Waals surface area (Å²) >= 11 is 12.3. The highest BCUT2D eigenvalue weighted by Gasteiger charge is 2.15. The number of fused-ring (bicyclic) bond motifs is 1. The second kappa shape index (κ2) is 8.01. The van der Waals surface area contributed by atoms with Gasteiger partial charge in [-0.25, -0.2) is 4.98 Å². The van der Waals surface area contributed by atoms with Crippen molar-refractivity contribution in [1.29, 1.82) is 0 Å². The van der Waals surface area contributed by atoms with Crippen LogP contribution >= 0.6 is 23.2 Å². The third kappa shape index (κ3) is 3.86. The molecule has 1 heterocycles. The SMILES string of the molecule is O=C(NCc1ccc(Cl)cc1)c1cc(-c2ccccc2Cl)nc2ccccc12. The molecule has 1 aromatic heterocycles. The van der Waals surface area contributed by atoms with Gasteiger partial charge in [-0.15, -0.1) is 0 Å². The number of hydrogen-bond acceptors (Lipinski definition) is 2. The summed E-state index contributed by atoms with van der Waals surface area (Å²) in [6.45, 7) is 0.411. The van der Waals surface area contributed by atoms with Gasteiger partial charge in [0.2, 0.25) is 0 Å². The highest BCUT2D eigenvalue weighted by atomic mass is 35.5. The second-order valence-electron chi connectivity index (χ2n) is 6.36. The maximum Gasteiger partial charge on any atom is 0.252 e. The summed E-state index contributed by atoms with van der Waals surface area (Å²) in [6.07, 6.45) is 0. The summed E-state index contributed by atoms with van der Waals surface area (Å²) in [6, 6.07) is 24.3. The number of halogens is 2. The van der Waals surface area contributed by atoms with Crippen LogP contribution in [-0.4, -0.2) is 10.9 Å². The van der Waals surface area contributed by atoms with E-state index in [1.807, 2.05) is 60.7 Å². The normalized spacial score (nSPS) is 10.8. The van der Waals surface area contributed by atoms with Crippen molar-refractivity contribution in [2.75, 3.05) is 0 Å². The maximum absolute atomic E-state index is 13.0. The van der Waals surface area contributed by atoms with Crippen LogP contribution in [0.3, 0.4) is 0 Å². The van der Waals surface area contributed by atoms with E-state index in [9.17, 15) is 4.79 Å². The van der Waals surface area contributed by atoms with Gasteiger partial charge in [0.15, 0.2) is 0 Å². The summed E-state index contributed by atoms with van der Waals surface area (Å²) in [5.74, 6) is -0.165. The van der Waals surface area contributed by atoms with Gasteiger partial charge in [-0.1, -0.05) is 71.7 Å². The monoisotopic (exact) mass is 406 g/mol. The topological polar surface area (TPSA) is 42.0 Å². The van der Waals surface area contributed by atoms with Crippen LogP contribution in [0.4, 0.5) is 0 Å². The van der Waals surface area contributed by atoms with Gasteiger partial charge in [0.1, 0.15) is 0 Å². The average molecular weight is 407 g/mol. The first-order valence-corrected chi connectivity index (χ1v) is 9.55. The van der Waals surface area contributed by atoms with Gasteiger partial charge in [0.25, 0.3) is 5.91 Å². The number of carbonyl (C=O) groups excluding carboxylic acids is 1. The van der Waals surface area contributed by atoms with Crippen molar-refractivity contribution < 1.29 is 4.79 Å². The molecule has 0 saturated heterocycles. The van der Waals surface area contributed by atoms with E-state index in [0.29, 0.717) is 27.8 Å². The Morgan fingerprint density at radius 3 is 2.39 bits per heavy atom. The number of carbonyl (C=O) groups is 1. The minimum atomic E-state index is -0.165. The van der Waals surface area contributed by atoms with E-state index in [1.165, 1.54) is 0 Å². The molecule has 1 amide bonds. The van der Waals surface area contributed by atoms with Crippen molar-refractivity contribution in [3.63, 3.8) is 0 Å². The summed E-state index contributed by atoms with van der Waals surface area (Å²) in [5.41, 5.74) is 3.75. The predicted octanol–water partition coefficient (Wildman–Crippen LogP) is 6.14. The van der Waals surface area contributed by atoms with Gasteiger partial charge in [-0.05, 0) is 35.9 Å². The third-order valence-electron chi connectivity index (χ3n) is 4.48. The fraction of sp³-hybridized carbons (Fsp3) is 0.0435. The largest absolute Gasteiger partial charge is 0.348 e. The zero-order valence-electron chi connectivity index (χ0n) is 14.8. The molecule has 0 unspecified atom stereocenters. The molecule has 3 nitrogen and oxygen atoms in total. The van der Waals surface area contributed by atoms with Gasteiger partial charge < -0.3 is 5.32 Å². The van der Waals surface area contributed by atoms with Crippen LogP contribution in [0, 0.1) is 0 Å². The van der Waals surface area contributed by atoms with Crippen molar-refractivity contribution in [2.45, 2.75) is 6.54 Å². The van der Waals surface area contributed by atoms with Crippen molar-refractivity contribution >= 4 is 40.0 Å². The summed E-state index contributed by atoms with van der Waals surface area (Å²) in [4.78, 5) is 17.7. The van der Waals surface area contributed by atoms with E-state index in [-0.39, 0.29) is 5.91 Å². The molecule has 3 aromatic carbocycles. The smallest absolute Gasteiger partial charge is 0.252 e. The number of para-hydroxylation sites is 1. The molecular weight excluding hydrogens is 391 g/mol. The van der Waals surface area contributed by atoms with Crippen molar-refractivity contribution in [3.05, 3.63) is 100 Å². The number of nitrogens with one attached hydrogen (secondary N) is 1. The van der Waals surface area contributed by atoms with Crippen LogP contribution in [0.2, 0.25) is 10.0 Å². The van der Waals surface area contributed by atoms with E-state index in [0.717, 1.165) is 22.0 Å². The van der Waals surface area contributed by atoms with E-state index in [1.54, 1.807) is 18.2 Å². The Balaban J connectivity index is 1.71. The van der Waals surface area contributed by atoms with Crippen molar-refractivity contribution in [3.8, 4) is 11.3 Å². The quantitative estimate of drug-likeness (QED) is 0.442. The number of aromatic nitrogens is 1. The van der Waals surface area contributed by atoms with Crippen LogP contribution in [0.1, 0.15) is 15.9 Å². The van der Waals surface area contributed by atoms with Crippen LogP contribution in [0.5, 0.6) is 0 Å². The molecule has 138 valence electrons. The van der Waals surface area contributed by atoms with E-state index >= 15 is 0 Å². The van der Waals surface area contributed by atoms with E-state index in [2.05, 4.69) is 5.32 Å². The molecule has 0 bridgehead atoms. The number of amides is 1. The molecule has 0 aliphatic heterocycles. The molecule has 4 aromatic rings. The molecule has 0 radical (unpaired) electrons. The minimum absolute atomic E-state index is 0.165. The van der Waals surface area contributed by atoms with Gasteiger partial charge in [0, 0.05) is 27.5 Å². The van der Waals surface area contributed by atoms with Crippen molar-refractivity contribution in [1.82, 2.24) is 10.3 Å². The van der Waals surface area contributed by atoms with Gasteiger partial charge >= 0.3 is 0 Å². The highest BCUT2D eigenvalue weighted by molar-refractivity contribution is 6.33. The third-order valence-corrected chi connectivity index (χ3v) is 5.06. The van der Waals surface area contributed by atoms with Gasteiger partial charge in [-0.2, -0.15) is 0 Å². The first-order valence-electron chi connectivity index (χ1n) is 8.79.